The van der Waals surface area contributed by atoms with Gasteiger partial charge in [0.25, 0.3) is 0 Å². The molecule has 2 N–H and O–H groups in total. The molecule has 0 spiro atoms. The van der Waals surface area contributed by atoms with Crippen LogP contribution in [0.15, 0.2) is 26.6 Å². The third-order valence-electron chi connectivity index (χ3n) is 2.52. The fourth-order valence-electron chi connectivity index (χ4n) is 1.57. The summed E-state index contributed by atoms with van der Waals surface area (Å²) in [5, 5.41) is 26.4. The fraction of sp³-hybridized carbons (Fsp3) is 0.273. The molecule has 1 aromatic heterocycles. The number of carboxylic acid groups (broad SMARTS) is 1. The monoisotopic (exact) mass is 375 g/mol. The van der Waals surface area contributed by atoms with E-state index in [1.165, 1.54) is 15.9 Å². The van der Waals surface area contributed by atoms with Crippen molar-refractivity contribution in [3.05, 3.63) is 25.2 Å². The van der Waals surface area contributed by atoms with Crippen LogP contribution < -0.4 is 0 Å². The molecule has 0 aliphatic carbocycles. The van der Waals surface area contributed by atoms with E-state index in [0.717, 1.165) is 4.48 Å². The number of hydrogen-bond acceptors (Lipinski definition) is 6. The van der Waals surface area contributed by atoms with Gasteiger partial charge in [-0.2, -0.15) is 5.11 Å². The molecule has 0 saturated carbocycles. The molecule has 0 fully saturated rings. The Bertz CT molecular complexity index is 688. The van der Waals surface area contributed by atoms with Crippen molar-refractivity contribution in [3.8, 4) is 5.88 Å². The average Bonchev–Trinajstić information content (AvgIpc) is 2.88. The third kappa shape index (κ3) is 3.41. The number of carbonyl (C=O) groups is 1. The second-order valence-corrected chi connectivity index (χ2v) is 6.46. The summed E-state index contributed by atoms with van der Waals surface area (Å²) in [6.07, 6.45) is 3.69. The van der Waals surface area contributed by atoms with E-state index in [2.05, 4.69) is 26.2 Å². The number of allylic oxidation sites excluding steroid dienone is 1. The Hall–Kier alpha value is -1.32. The van der Waals surface area contributed by atoms with Crippen LogP contribution in [0.1, 0.15) is 17.7 Å². The van der Waals surface area contributed by atoms with Gasteiger partial charge in [0, 0.05) is 13.0 Å². The van der Waals surface area contributed by atoms with E-state index >= 15 is 0 Å². The van der Waals surface area contributed by atoms with E-state index in [9.17, 15) is 9.90 Å². The zero-order chi connectivity index (χ0) is 14.7. The van der Waals surface area contributed by atoms with E-state index in [1.807, 2.05) is 0 Å². The van der Waals surface area contributed by atoms with Crippen LogP contribution in [0.3, 0.4) is 0 Å². The molecule has 2 heterocycles. The Morgan fingerprint density at radius 3 is 2.95 bits per heavy atom. The Labute approximate surface area is 131 Å². The second kappa shape index (κ2) is 6.42. The lowest BCUT2D eigenvalue weighted by atomic mass is 10.3. The van der Waals surface area contributed by atoms with Gasteiger partial charge in [0.15, 0.2) is 3.95 Å². The molecule has 1 aliphatic rings. The van der Waals surface area contributed by atoms with Gasteiger partial charge in [-0.1, -0.05) is 0 Å². The smallest absolute Gasteiger partial charge is 0.303 e. The summed E-state index contributed by atoms with van der Waals surface area (Å²) in [5.74, 6) is -0.839. The van der Waals surface area contributed by atoms with Crippen LogP contribution in [0, 0.1) is 3.95 Å². The third-order valence-corrected chi connectivity index (χ3v) is 4.51. The lowest BCUT2D eigenvalue weighted by Gasteiger charge is -2.03. The molecular weight excluding hydrogens is 366 g/mol. The van der Waals surface area contributed by atoms with Crippen LogP contribution in [0.25, 0.3) is 6.08 Å². The van der Waals surface area contributed by atoms with Gasteiger partial charge in [-0.25, -0.2) is 0 Å². The first-order valence-electron chi connectivity index (χ1n) is 5.62. The van der Waals surface area contributed by atoms with Crippen molar-refractivity contribution < 1.29 is 15.0 Å². The Balaban J connectivity index is 2.21. The number of carboxylic acids is 1. The summed E-state index contributed by atoms with van der Waals surface area (Å²) >= 11 is 9.72. The maximum atomic E-state index is 10.5. The maximum absolute atomic E-state index is 10.5. The number of azo groups is 1. The van der Waals surface area contributed by atoms with Gasteiger partial charge in [0.05, 0.1) is 15.6 Å². The van der Waals surface area contributed by atoms with Crippen molar-refractivity contribution in [2.24, 2.45) is 10.2 Å². The zero-order valence-corrected chi connectivity index (χ0v) is 13.3. The first kappa shape index (κ1) is 15.1. The summed E-state index contributed by atoms with van der Waals surface area (Å²) in [4.78, 5) is 11.1. The van der Waals surface area contributed by atoms with E-state index in [0.29, 0.717) is 27.5 Å². The van der Waals surface area contributed by atoms with E-state index < -0.39 is 5.97 Å². The van der Waals surface area contributed by atoms with Crippen LogP contribution >= 0.6 is 39.5 Å². The van der Waals surface area contributed by atoms with Crippen LogP contribution in [0.4, 0.5) is 0 Å². The van der Waals surface area contributed by atoms with Crippen molar-refractivity contribution >= 4 is 51.5 Å². The highest BCUT2D eigenvalue weighted by Crippen LogP contribution is 2.33. The van der Waals surface area contributed by atoms with Crippen LogP contribution in [-0.4, -0.2) is 20.7 Å². The number of thiazole rings is 1. The number of rotatable bonds is 5. The van der Waals surface area contributed by atoms with E-state index in [4.69, 9.17) is 17.3 Å². The molecule has 9 heteroatoms. The molecule has 0 aromatic carbocycles. The normalized spacial score (nSPS) is 15.8. The van der Waals surface area contributed by atoms with Crippen LogP contribution in [0.2, 0.25) is 0 Å². The Morgan fingerprint density at radius 2 is 2.35 bits per heavy atom. The van der Waals surface area contributed by atoms with Crippen molar-refractivity contribution in [3.63, 3.8) is 0 Å². The molecule has 0 amide bonds. The second-order valence-electron chi connectivity index (χ2n) is 3.93. The standard InChI is InChI=1S/C11H10BrN3O3S2/c12-6-5-13-14-7(6)4-8-10(18)15(11(19)20-8)3-1-2-9(16)17/h4-5,18H,1-3H2,(H,16,17)/b7-4-. The molecule has 0 unspecified atom stereocenters. The topological polar surface area (TPSA) is 87.2 Å². The number of aliphatic carboxylic acids is 1. The van der Waals surface area contributed by atoms with Crippen molar-refractivity contribution in [2.75, 3.05) is 0 Å². The van der Waals surface area contributed by atoms with Crippen molar-refractivity contribution in [2.45, 2.75) is 19.4 Å². The summed E-state index contributed by atoms with van der Waals surface area (Å²) in [5.41, 5.74) is 0.606. The molecule has 0 radical (unpaired) electrons. The number of aromatic hydroxyl groups is 1. The first-order valence-corrected chi connectivity index (χ1v) is 7.64. The maximum Gasteiger partial charge on any atom is 0.303 e. The number of hydrogen-bond donors (Lipinski definition) is 2. The average molecular weight is 376 g/mol. The predicted octanol–water partition coefficient (Wildman–Crippen LogP) is 3.89. The largest absolute Gasteiger partial charge is 0.493 e. The fourth-order valence-corrected chi connectivity index (χ4v) is 3.15. The quantitative estimate of drug-likeness (QED) is 0.764. The van der Waals surface area contributed by atoms with Gasteiger partial charge >= 0.3 is 5.97 Å². The Morgan fingerprint density at radius 1 is 1.60 bits per heavy atom. The van der Waals surface area contributed by atoms with Gasteiger partial charge in [-0.05, 0) is 40.6 Å². The minimum Gasteiger partial charge on any atom is -0.493 e. The molecular formula is C11H10BrN3O3S2. The van der Waals surface area contributed by atoms with Gasteiger partial charge in [0.2, 0.25) is 5.88 Å². The first-order chi connectivity index (χ1) is 9.49. The molecule has 2 rings (SSSR count). The van der Waals surface area contributed by atoms with Gasteiger partial charge in [-0.3, -0.25) is 9.36 Å². The van der Waals surface area contributed by atoms with Crippen molar-refractivity contribution in [1.82, 2.24) is 4.57 Å². The number of halogens is 1. The highest BCUT2D eigenvalue weighted by Gasteiger charge is 2.13. The van der Waals surface area contributed by atoms with E-state index in [-0.39, 0.29) is 12.3 Å². The number of aromatic nitrogens is 1. The molecule has 1 aliphatic heterocycles. The predicted molar refractivity (Wildman–Crippen MR) is 81.5 cm³/mol. The minimum absolute atomic E-state index is 0.0280. The highest BCUT2D eigenvalue weighted by molar-refractivity contribution is 9.12. The molecule has 1 aromatic rings. The van der Waals surface area contributed by atoms with Crippen molar-refractivity contribution in [1.29, 1.82) is 0 Å². The minimum atomic E-state index is -0.867. The van der Waals surface area contributed by atoms with Crippen LogP contribution in [0.5, 0.6) is 5.88 Å². The van der Waals surface area contributed by atoms with Gasteiger partial charge in [-0.15, -0.1) is 16.5 Å². The van der Waals surface area contributed by atoms with Gasteiger partial charge in [0.1, 0.15) is 5.70 Å². The SMILES string of the molecule is O=C(O)CCCn1c(O)c(/C=C2\N=NC=C2Br)sc1=S. The molecule has 0 saturated heterocycles. The summed E-state index contributed by atoms with van der Waals surface area (Å²) in [7, 11) is 0. The molecule has 6 nitrogen and oxygen atoms in total. The lowest BCUT2D eigenvalue weighted by Crippen LogP contribution is -2.01. The highest BCUT2D eigenvalue weighted by atomic mass is 79.9. The molecule has 0 atom stereocenters. The van der Waals surface area contributed by atoms with Gasteiger partial charge < -0.3 is 10.2 Å². The molecule has 0 bridgehead atoms. The molecule has 20 heavy (non-hydrogen) atoms. The summed E-state index contributed by atoms with van der Waals surface area (Å²) < 4.78 is 2.75. The van der Waals surface area contributed by atoms with E-state index in [1.54, 1.807) is 12.3 Å². The number of nitrogens with zero attached hydrogens (tertiary/aromatic N) is 3. The zero-order valence-electron chi connectivity index (χ0n) is 10.1. The Kier molecular flexibility index (Phi) is 4.84. The molecule has 106 valence electrons. The summed E-state index contributed by atoms with van der Waals surface area (Å²) in [6, 6.07) is 0. The van der Waals surface area contributed by atoms with Crippen LogP contribution in [-0.2, 0) is 11.3 Å². The summed E-state index contributed by atoms with van der Waals surface area (Å²) in [6.45, 7) is 0.370. The lowest BCUT2D eigenvalue weighted by molar-refractivity contribution is -0.137.